The zero-order valence-electron chi connectivity index (χ0n) is 15.8. The van der Waals surface area contributed by atoms with E-state index >= 15 is 0 Å². The first kappa shape index (κ1) is 18.7. The summed E-state index contributed by atoms with van der Waals surface area (Å²) in [6.45, 7) is 5.38. The normalized spacial score (nSPS) is 23.3. The van der Waals surface area contributed by atoms with Crippen molar-refractivity contribution in [3.63, 3.8) is 0 Å². The molecule has 0 atom stereocenters. The third-order valence-corrected chi connectivity index (χ3v) is 7.10. The molecule has 0 spiro atoms. The number of likely N-dealkylation sites (tertiary alicyclic amines) is 1. The molecule has 1 aliphatic heterocycles. The van der Waals surface area contributed by atoms with Crippen LogP contribution in [0.3, 0.4) is 0 Å². The maximum Gasteiger partial charge on any atom is 0.297 e. The lowest BCUT2D eigenvalue weighted by molar-refractivity contribution is 0.105. The van der Waals surface area contributed by atoms with E-state index in [1.165, 1.54) is 37.1 Å². The van der Waals surface area contributed by atoms with Crippen LogP contribution in [0.1, 0.15) is 48.3 Å². The monoisotopic (exact) mass is 385 g/mol. The molecule has 0 radical (unpaired) electrons. The lowest BCUT2D eigenvalue weighted by atomic mass is 9.77. The van der Waals surface area contributed by atoms with Gasteiger partial charge in [-0.1, -0.05) is 42.0 Å². The minimum absolute atomic E-state index is 0.217. The minimum Gasteiger partial charge on any atom is -0.299 e. The van der Waals surface area contributed by atoms with Gasteiger partial charge in [-0.15, -0.1) is 0 Å². The highest BCUT2D eigenvalue weighted by atomic mass is 32.2. The summed E-state index contributed by atoms with van der Waals surface area (Å²) in [5, 5.41) is 0. The molecule has 0 unspecified atom stereocenters. The van der Waals surface area contributed by atoms with Crippen molar-refractivity contribution in [3.05, 3.63) is 65.2 Å². The Balaban J connectivity index is 1.30. The van der Waals surface area contributed by atoms with E-state index < -0.39 is 10.1 Å². The first-order valence-corrected chi connectivity index (χ1v) is 11.2. The average molecular weight is 386 g/mol. The number of nitrogens with zero attached hydrogens (tertiary/aromatic N) is 1. The molecular formula is C22H27NO3S. The molecule has 0 aromatic heterocycles. The number of rotatable bonds is 6. The largest absolute Gasteiger partial charge is 0.299 e. The van der Waals surface area contributed by atoms with Crippen molar-refractivity contribution in [1.82, 2.24) is 4.90 Å². The molecule has 2 aliphatic rings. The van der Waals surface area contributed by atoms with Gasteiger partial charge < -0.3 is 0 Å². The van der Waals surface area contributed by atoms with E-state index in [-0.39, 0.29) is 11.0 Å². The van der Waals surface area contributed by atoms with Gasteiger partial charge in [0.05, 0.1) is 11.0 Å². The van der Waals surface area contributed by atoms with Crippen LogP contribution in [-0.4, -0.2) is 32.5 Å². The van der Waals surface area contributed by atoms with Crippen LogP contribution < -0.4 is 0 Å². The van der Waals surface area contributed by atoms with Crippen LogP contribution in [0.25, 0.3) is 0 Å². The Morgan fingerprint density at radius 1 is 0.963 bits per heavy atom. The molecule has 5 heteroatoms. The van der Waals surface area contributed by atoms with Crippen molar-refractivity contribution in [3.8, 4) is 0 Å². The van der Waals surface area contributed by atoms with E-state index in [0.717, 1.165) is 24.9 Å². The van der Waals surface area contributed by atoms with Gasteiger partial charge in [-0.25, -0.2) is 0 Å². The summed E-state index contributed by atoms with van der Waals surface area (Å²) in [4.78, 5) is 2.74. The molecule has 4 nitrogen and oxygen atoms in total. The van der Waals surface area contributed by atoms with Crippen LogP contribution in [0.5, 0.6) is 0 Å². The summed E-state index contributed by atoms with van der Waals surface area (Å²) < 4.78 is 30.2. The van der Waals surface area contributed by atoms with E-state index in [1.807, 2.05) is 6.92 Å². The third-order valence-electron chi connectivity index (χ3n) is 5.72. The van der Waals surface area contributed by atoms with E-state index in [2.05, 4.69) is 29.2 Å². The Morgan fingerprint density at radius 2 is 1.59 bits per heavy atom. The summed E-state index contributed by atoms with van der Waals surface area (Å²) in [7, 11) is -3.67. The van der Waals surface area contributed by atoms with Crippen molar-refractivity contribution < 1.29 is 12.6 Å². The molecule has 0 amide bonds. The molecule has 4 rings (SSSR count). The predicted octanol–water partition coefficient (Wildman–Crippen LogP) is 4.24. The van der Waals surface area contributed by atoms with Gasteiger partial charge in [0.15, 0.2) is 0 Å². The first-order chi connectivity index (χ1) is 13.0. The van der Waals surface area contributed by atoms with Crippen LogP contribution in [0, 0.1) is 6.92 Å². The fourth-order valence-electron chi connectivity index (χ4n) is 3.95. The van der Waals surface area contributed by atoms with E-state index in [1.54, 1.807) is 24.3 Å². The zero-order valence-corrected chi connectivity index (χ0v) is 16.6. The van der Waals surface area contributed by atoms with E-state index in [9.17, 15) is 8.42 Å². The van der Waals surface area contributed by atoms with Crippen molar-refractivity contribution >= 4 is 10.1 Å². The van der Waals surface area contributed by atoms with Crippen molar-refractivity contribution in [2.75, 3.05) is 13.1 Å². The first-order valence-electron chi connectivity index (χ1n) is 9.81. The molecule has 0 bridgehead atoms. The smallest absolute Gasteiger partial charge is 0.297 e. The molecule has 0 N–H and O–H groups in total. The Hall–Kier alpha value is -1.69. The van der Waals surface area contributed by atoms with Gasteiger partial charge in [0.1, 0.15) is 0 Å². The second-order valence-electron chi connectivity index (χ2n) is 7.88. The summed E-state index contributed by atoms with van der Waals surface area (Å²) in [5.41, 5.74) is 3.67. The van der Waals surface area contributed by atoms with Crippen LogP contribution in [-0.2, 0) is 20.8 Å². The van der Waals surface area contributed by atoms with Crippen LogP contribution in [0.2, 0.25) is 0 Å². The number of aryl methyl sites for hydroxylation is 1. The lowest BCUT2D eigenvalue weighted by Crippen LogP contribution is -2.32. The van der Waals surface area contributed by atoms with Crippen LogP contribution in [0.4, 0.5) is 0 Å². The predicted molar refractivity (Wildman–Crippen MR) is 106 cm³/mol. The SMILES string of the molecule is Cc1ccc(S(=O)(=O)OC2CC(c3ccc(CN4CCCC4)cc3)C2)cc1. The van der Waals surface area contributed by atoms with Gasteiger partial charge in [-0.2, -0.15) is 8.42 Å². The Kier molecular flexibility index (Phi) is 5.35. The number of hydrogen-bond acceptors (Lipinski definition) is 4. The molecule has 2 aromatic carbocycles. The number of benzene rings is 2. The lowest BCUT2D eigenvalue weighted by Gasteiger charge is -2.34. The van der Waals surface area contributed by atoms with Crippen LogP contribution in [0.15, 0.2) is 53.4 Å². The van der Waals surface area contributed by atoms with Gasteiger partial charge in [0, 0.05) is 6.54 Å². The van der Waals surface area contributed by atoms with Gasteiger partial charge >= 0.3 is 0 Å². The second kappa shape index (κ2) is 7.74. The molecule has 144 valence electrons. The van der Waals surface area contributed by atoms with Gasteiger partial charge in [0.2, 0.25) is 0 Å². The van der Waals surface area contributed by atoms with E-state index in [0.29, 0.717) is 5.92 Å². The summed E-state index contributed by atoms with van der Waals surface area (Å²) in [6, 6.07) is 15.6. The molecule has 2 fully saturated rings. The average Bonchev–Trinajstić information content (AvgIpc) is 3.12. The van der Waals surface area contributed by atoms with Gasteiger partial charge in [-0.3, -0.25) is 9.08 Å². The molecule has 1 heterocycles. The summed E-state index contributed by atoms with van der Waals surface area (Å²) >= 11 is 0. The fraction of sp³-hybridized carbons (Fsp3) is 0.455. The minimum atomic E-state index is -3.67. The topological polar surface area (TPSA) is 46.6 Å². The third kappa shape index (κ3) is 4.42. The maximum atomic E-state index is 12.4. The number of hydrogen-bond donors (Lipinski definition) is 0. The van der Waals surface area contributed by atoms with E-state index in [4.69, 9.17) is 4.18 Å². The van der Waals surface area contributed by atoms with Crippen molar-refractivity contribution in [2.24, 2.45) is 0 Å². The Bertz CT molecular complexity index is 863. The highest BCUT2D eigenvalue weighted by Crippen LogP contribution is 2.40. The van der Waals surface area contributed by atoms with Crippen LogP contribution >= 0.6 is 0 Å². The van der Waals surface area contributed by atoms with Gasteiger partial charge in [0.25, 0.3) is 10.1 Å². The van der Waals surface area contributed by atoms with Gasteiger partial charge in [-0.05, 0) is 74.9 Å². The fourth-order valence-corrected chi connectivity index (χ4v) is 5.05. The molecule has 1 saturated carbocycles. The molecule has 1 saturated heterocycles. The quantitative estimate of drug-likeness (QED) is 0.698. The second-order valence-corrected chi connectivity index (χ2v) is 9.45. The molecular weight excluding hydrogens is 358 g/mol. The summed E-state index contributed by atoms with van der Waals surface area (Å²) in [5.74, 6) is 0.393. The van der Waals surface area contributed by atoms with Crippen molar-refractivity contribution in [1.29, 1.82) is 0 Å². The zero-order chi connectivity index (χ0) is 18.9. The Labute approximate surface area is 162 Å². The Morgan fingerprint density at radius 3 is 2.22 bits per heavy atom. The highest BCUT2D eigenvalue weighted by molar-refractivity contribution is 7.86. The van der Waals surface area contributed by atoms with Crippen molar-refractivity contribution in [2.45, 2.75) is 56.1 Å². The summed E-state index contributed by atoms with van der Waals surface area (Å²) in [6.07, 6.45) is 3.93. The molecule has 27 heavy (non-hydrogen) atoms. The maximum absolute atomic E-state index is 12.4. The molecule has 1 aliphatic carbocycles. The molecule has 2 aromatic rings. The standard InChI is InChI=1S/C22H27NO3S/c1-17-4-10-22(11-5-17)27(24,25)26-21-14-20(15-21)19-8-6-18(7-9-19)16-23-12-2-3-13-23/h4-11,20-21H,2-3,12-16H2,1H3. The highest BCUT2D eigenvalue weighted by Gasteiger charge is 2.35.